The van der Waals surface area contributed by atoms with Crippen molar-refractivity contribution in [2.45, 2.75) is 24.5 Å². The third kappa shape index (κ3) is 2.25. The molecule has 4 rings (SSSR count). The number of carbonyl (C=O) groups excluding carboxylic acids is 1. The summed E-state index contributed by atoms with van der Waals surface area (Å²) >= 11 is 0. The highest BCUT2D eigenvalue weighted by Gasteiger charge is 2.44. The van der Waals surface area contributed by atoms with E-state index in [0.29, 0.717) is 6.29 Å². The fourth-order valence-electron chi connectivity index (χ4n) is 2.85. The van der Waals surface area contributed by atoms with Gasteiger partial charge in [0.15, 0.2) is 23.7 Å². The highest BCUT2D eigenvalue weighted by Crippen LogP contribution is 2.30. The molecular formula is C14H13N5O6. The summed E-state index contributed by atoms with van der Waals surface area (Å²) < 4.78 is 7.86. The molecule has 0 bridgehead atoms. The van der Waals surface area contributed by atoms with Gasteiger partial charge in [0.25, 0.3) is 5.56 Å². The van der Waals surface area contributed by atoms with Crippen molar-refractivity contribution < 1.29 is 24.9 Å². The maximum atomic E-state index is 12.5. The number of aldehydes is 1. The Morgan fingerprint density at radius 2 is 2.08 bits per heavy atom. The zero-order valence-electron chi connectivity index (χ0n) is 12.6. The van der Waals surface area contributed by atoms with E-state index in [9.17, 15) is 24.9 Å². The summed E-state index contributed by atoms with van der Waals surface area (Å²) in [6.07, 6.45) is -1.55. The second-order valence-corrected chi connectivity index (χ2v) is 5.61. The predicted octanol–water partition coefficient (Wildman–Crippen LogP) is -2.14. The molecule has 0 spiro atoms. The summed E-state index contributed by atoms with van der Waals surface area (Å²) in [6.45, 7) is -0.482. The molecule has 4 heterocycles. The molecule has 130 valence electrons. The Labute approximate surface area is 138 Å². The van der Waals surface area contributed by atoms with Gasteiger partial charge in [0.05, 0.1) is 12.9 Å². The van der Waals surface area contributed by atoms with Crippen molar-refractivity contribution in [2.24, 2.45) is 0 Å². The van der Waals surface area contributed by atoms with Crippen molar-refractivity contribution >= 4 is 23.2 Å². The van der Waals surface area contributed by atoms with Gasteiger partial charge < -0.3 is 20.1 Å². The largest absolute Gasteiger partial charge is 0.394 e. The van der Waals surface area contributed by atoms with Crippen LogP contribution in [-0.2, 0) is 4.74 Å². The topological polar surface area (TPSA) is 152 Å². The van der Waals surface area contributed by atoms with E-state index in [0.717, 1.165) is 4.40 Å². The van der Waals surface area contributed by atoms with Gasteiger partial charge in [0, 0.05) is 6.20 Å². The third-order valence-electron chi connectivity index (χ3n) is 4.15. The molecule has 0 amide bonds. The van der Waals surface area contributed by atoms with E-state index in [2.05, 4.69) is 15.0 Å². The second kappa shape index (κ2) is 5.67. The molecule has 25 heavy (non-hydrogen) atoms. The van der Waals surface area contributed by atoms with Gasteiger partial charge in [-0.3, -0.25) is 14.2 Å². The van der Waals surface area contributed by atoms with E-state index in [-0.39, 0.29) is 22.6 Å². The molecule has 1 aliphatic heterocycles. The van der Waals surface area contributed by atoms with Crippen molar-refractivity contribution in [1.29, 1.82) is 0 Å². The highest BCUT2D eigenvalue weighted by atomic mass is 16.6. The van der Waals surface area contributed by atoms with Crippen LogP contribution < -0.4 is 5.56 Å². The van der Waals surface area contributed by atoms with E-state index in [4.69, 9.17) is 4.74 Å². The van der Waals surface area contributed by atoms with Gasteiger partial charge in [-0.15, -0.1) is 0 Å². The lowest BCUT2D eigenvalue weighted by Crippen LogP contribution is -2.33. The number of imidazole rings is 1. The number of hydrogen-bond donors (Lipinski definition) is 3. The summed E-state index contributed by atoms with van der Waals surface area (Å²) in [5.74, 6) is -0.0180. The van der Waals surface area contributed by atoms with Crippen molar-refractivity contribution in [2.75, 3.05) is 6.61 Å². The van der Waals surface area contributed by atoms with Crippen LogP contribution in [0.25, 0.3) is 16.9 Å². The first-order chi connectivity index (χ1) is 12.0. The van der Waals surface area contributed by atoms with Gasteiger partial charge in [0.1, 0.15) is 24.0 Å². The van der Waals surface area contributed by atoms with Crippen LogP contribution in [0, 0.1) is 0 Å². The van der Waals surface area contributed by atoms with Crippen LogP contribution in [0.3, 0.4) is 0 Å². The van der Waals surface area contributed by atoms with Gasteiger partial charge in [-0.1, -0.05) is 0 Å². The highest BCUT2D eigenvalue weighted by molar-refractivity contribution is 5.74. The van der Waals surface area contributed by atoms with Crippen LogP contribution in [0.1, 0.15) is 16.7 Å². The van der Waals surface area contributed by atoms with Crippen LogP contribution in [0.4, 0.5) is 0 Å². The molecule has 3 aromatic heterocycles. The maximum Gasteiger partial charge on any atom is 0.287 e. The molecule has 3 aromatic rings. The zero-order chi connectivity index (χ0) is 17.7. The summed E-state index contributed by atoms with van der Waals surface area (Å²) in [7, 11) is 0. The third-order valence-corrected chi connectivity index (χ3v) is 4.15. The lowest BCUT2D eigenvalue weighted by molar-refractivity contribution is -0.0511. The molecule has 0 saturated carbocycles. The van der Waals surface area contributed by atoms with Gasteiger partial charge in [-0.25, -0.2) is 14.4 Å². The number of ether oxygens (including phenoxy) is 1. The van der Waals surface area contributed by atoms with Crippen LogP contribution >= 0.6 is 0 Å². The number of hydrogen-bond acceptors (Lipinski definition) is 9. The molecule has 3 N–H and O–H groups in total. The first-order valence-corrected chi connectivity index (χ1v) is 7.38. The fraction of sp³-hybridized carbons (Fsp3) is 0.357. The molecule has 11 heteroatoms. The molecule has 0 aliphatic carbocycles. The normalized spacial score (nSPS) is 26.5. The number of aromatic nitrogens is 5. The van der Waals surface area contributed by atoms with Crippen molar-refractivity contribution in [3.63, 3.8) is 0 Å². The molecule has 0 radical (unpaired) electrons. The lowest BCUT2D eigenvalue weighted by atomic mass is 10.1. The number of rotatable bonds is 3. The van der Waals surface area contributed by atoms with Gasteiger partial charge in [0.2, 0.25) is 5.78 Å². The Bertz CT molecular complexity index is 1030. The minimum Gasteiger partial charge on any atom is -0.394 e. The molecule has 1 saturated heterocycles. The first kappa shape index (κ1) is 15.8. The molecule has 11 nitrogen and oxygen atoms in total. The minimum atomic E-state index is -1.34. The quantitative estimate of drug-likeness (QED) is 0.451. The summed E-state index contributed by atoms with van der Waals surface area (Å²) in [6, 6.07) is 1.37. The Morgan fingerprint density at radius 1 is 1.28 bits per heavy atom. The van der Waals surface area contributed by atoms with Crippen LogP contribution in [0.5, 0.6) is 0 Å². The van der Waals surface area contributed by atoms with Gasteiger partial charge in [-0.05, 0) is 6.07 Å². The molecule has 1 fully saturated rings. The monoisotopic (exact) mass is 347 g/mol. The van der Waals surface area contributed by atoms with E-state index in [1.165, 1.54) is 23.2 Å². The second-order valence-electron chi connectivity index (χ2n) is 5.61. The van der Waals surface area contributed by atoms with Crippen molar-refractivity contribution in [3.05, 3.63) is 34.6 Å². The fourth-order valence-corrected chi connectivity index (χ4v) is 2.85. The SMILES string of the molecule is O=Cc1ccn2c(=O)c3ncn([C@@H]4O[C@H](CO)[C@@H](O)[C@H]4O)c3nc2n1. The number of fused-ring (bicyclic) bond motifs is 2. The molecule has 0 aromatic carbocycles. The van der Waals surface area contributed by atoms with E-state index < -0.39 is 36.7 Å². The lowest BCUT2D eigenvalue weighted by Gasteiger charge is -2.16. The van der Waals surface area contributed by atoms with Crippen LogP contribution in [0.15, 0.2) is 23.4 Å². The molecular weight excluding hydrogens is 334 g/mol. The predicted molar refractivity (Wildman–Crippen MR) is 80.9 cm³/mol. The summed E-state index contributed by atoms with van der Waals surface area (Å²) in [5, 5.41) is 29.2. The smallest absolute Gasteiger partial charge is 0.287 e. The van der Waals surface area contributed by atoms with Crippen molar-refractivity contribution in [3.8, 4) is 0 Å². The van der Waals surface area contributed by atoms with E-state index in [1.807, 2.05) is 0 Å². The van der Waals surface area contributed by atoms with Gasteiger partial charge >= 0.3 is 0 Å². The van der Waals surface area contributed by atoms with E-state index >= 15 is 0 Å². The van der Waals surface area contributed by atoms with E-state index in [1.54, 1.807) is 0 Å². The van der Waals surface area contributed by atoms with Crippen LogP contribution in [0.2, 0.25) is 0 Å². The average Bonchev–Trinajstić information content (AvgIpc) is 3.16. The maximum absolute atomic E-state index is 12.5. The Morgan fingerprint density at radius 3 is 2.76 bits per heavy atom. The number of aliphatic hydroxyl groups is 3. The summed E-state index contributed by atoms with van der Waals surface area (Å²) in [4.78, 5) is 35.6. The minimum absolute atomic E-state index is 0.0101. The Balaban J connectivity index is 1.91. The van der Waals surface area contributed by atoms with Crippen LogP contribution in [-0.4, -0.2) is 70.4 Å². The number of carbonyl (C=O) groups is 1. The number of nitrogens with zero attached hydrogens (tertiary/aromatic N) is 5. The average molecular weight is 347 g/mol. The van der Waals surface area contributed by atoms with Gasteiger partial charge in [-0.2, -0.15) is 4.98 Å². The number of aliphatic hydroxyl groups excluding tert-OH is 3. The Hall–Kier alpha value is -2.73. The molecule has 1 aliphatic rings. The van der Waals surface area contributed by atoms with Crippen molar-refractivity contribution in [1.82, 2.24) is 23.9 Å². The Kier molecular flexibility index (Phi) is 3.58. The standard InChI is InChI=1S/C14H13N5O6/c20-3-6-1-2-18-12(24)8-11(17-14(18)16-6)19(5-15-8)13-10(23)9(22)7(4-21)25-13/h1-3,5,7,9-10,13,21-23H,4H2/t7-,9-,10-,13-/m1/s1. The first-order valence-electron chi connectivity index (χ1n) is 7.38. The summed E-state index contributed by atoms with van der Waals surface area (Å²) in [5.41, 5.74) is -0.313. The molecule has 0 unspecified atom stereocenters. The molecule has 4 atom stereocenters. The zero-order valence-corrected chi connectivity index (χ0v) is 12.6.